The number of alkyl halides is 4. The van der Waals surface area contributed by atoms with Gasteiger partial charge in [0.15, 0.2) is 5.69 Å². The van der Waals surface area contributed by atoms with Gasteiger partial charge in [-0.1, -0.05) is 30.3 Å². The minimum Gasteiger partial charge on any atom is -0.881 e. The van der Waals surface area contributed by atoms with E-state index >= 15 is 0 Å². The molecule has 5 aromatic rings. The quantitative estimate of drug-likeness (QED) is 0.0974. The molecule has 0 aliphatic heterocycles. The van der Waals surface area contributed by atoms with Crippen molar-refractivity contribution in [3.8, 4) is 17.2 Å². The summed E-state index contributed by atoms with van der Waals surface area (Å²) < 4.78 is 59.4. The average molecular weight is 758 g/mol. The Labute approximate surface area is 329 Å². The van der Waals surface area contributed by atoms with Gasteiger partial charge in [0.05, 0.1) is 37.1 Å². The summed E-state index contributed by atoms with van der Waals surface area (Å²) in [6.45, 7) is 12.6. The van der Waals surface area contributed by atoms with Crippen molar-refractivity contribution in [2.45, 2.75) is 47.1 Å². The monoisotopic (exact) mass is 757 g/mol. The van der Waals surface area contributed by atoms with Gasteiger partial charge in [-0.25, -0.2) is 24.6 Å². The van der Waals surface area contributed by atoms with Crippen LogP contribution in [0.4, 0.5) is 46.4 Å². The number of benzene rings is 1. The molecule has 7 N–H and O–H groups in total. The summed E-state index contributed by atoms with van der Waals surface area (Å²) in [6.07, 6.45) is 3.07. The molecule has 5 rings (SSSR count). The van der Waals surface area contributed by atoms with Gasteiger partial charge < -0.3 is 37.1 Å². The molecule has 0 saturated carbocycles. The number of carbonyl (C=O) groups is 1. The number of aryl methyl sites for hydroxylation is 3. The number of halogens is 4. The molecule has 0 fully saturated rings. The molecule has 0 aliphatic carbocycles. The number of nitrogens with one attached hydrogen (secondary N) is 1. The Morgan fingerprint density at radius 3 is 1.93 bits per heavy atom. The molecule has 1 aromatic carbocycles. The molecule has 0 bridgehead atoms. The number of nitrogens with two attached hydrogens (primary N) is 3. The fourth-order valence-electron chi connectivity index (χ4n) is 4.50. The van der Waals surface area contributed by atoms with E-state index in [4.69, 9.17) is 30.3 Å². The fourth-order valence-corrected chi connectivity index (χ4v) is 4.50. The fraction of sp³-hybridized carbons (Fsp3) is 0.206. The van der Waals surface area contributed by atoms with E-state index in [0.29, 0.717) is 29.1 Å². The van der Waals surface area contributed by atoms with E-state index in [0.717, 1.165) is 17.7 Å². The predicted octanol–water partition coefficient (Wildman–Crippen LogP) is 2.47. The number of aromatic nitrogens is 5. The molecule has 0 aliphatic rings. The van der Waals surface area contributed by atoms with Crippen LogP contribution in [-0.4, -0.2) is 43.9 Å². The zero-order valence-corrected chi connectivity index (χ0v) is 31.3. The first-order chi connectivity index (χ1) is 25.1. The molecule has 1 amide bonds. The first-order valence-corrected chi connectivity index (χ1v) is 15.1. The van der Waals surface area contributed by atoms with Gasteiger partial charge in [-0.15, -0.1) is 5.75 Å². The summed E-state index contributed by atoms with van der Waals surface area (Å²) in [4.78, 5) is 30.0. The van der Waals surface area contributed by atoms with Gasteiger partial charge in [0, 0.05) is 41.8 Å². The maximum Gasteiger partial charge on any atom is 1.00 e. The molecule has 4 aromatic heterocycles. The number of amides is 1. The zero-order chi connectivity index (χ0) is 39.2. The predicted molar refractivity (Wildman–Crippen MR) is 184 cm³/mol. The van der Waals surface area contributed by atoms with E-state index in [2.05, 4.69) is 44.5 Å². The molecular formula is C34H32F4N11NaO4. The van der Waals surface area contributed by atoms with Crippen LogP contribution in [0.5, 0.6) is 17.2 Å². The molecular weight excluding hydrogens is 725 g/mol. The molecule has 0 unspecified atom stereocenters. The number of hydrogen-bond acceptors (Lipinski definition) is 11. The van der Waals surface area contributed by atoms with Crippen molar-refractivity contribution >= 4 is 34.7 Å². The number of anilines is 3. The molecule has 15 nitrogen and oxygen atoms in total. The first-order valence-electron chi connectivity index (χ1n) is 15.1. The van der Waals surface area contributed by atoms with Crippen LogP contribution in [0, 0.1) is 33.9 Å². The van der Waals surface area contributed by atoms with E-state index in [1.807, 2.05) is 30.3 Å². The third-order valence-corrected chi connectivity index (χ3v) is 6.78. The van der Waals surface area contributed by atoms with Gasteiger partial charge in [0.25, 0.3) is 5.91 Å². The Morgan fingerprint density at radius 1 is 0.852 bits per heavy atom. The Hall–Kier alpha value is -6.15. The van der Waals surface area contributed by atoms with E-state index in [-0.39, 0.29) is 87.9 Å². The second-order valence-corrected chi connectivity index (χ2v) is 10.6. The van der Waals surface area contributed by atoms with Crippen molar-refractivity contribution in [1.82, 2.24) is 30.0 Å². The van der Waals surface area contributed by atoms with Crippen molar-refractivity contribution < 1.29 is 66.5 Å². The van der Waals surface area contributed by atoms with Crippen LogP contribution in [0.3, 0.4) is 0 Å². The molecule has 0 spiro atoms. The van der Waals surface area contributed by atoms with Crippen molar-refractivity contribution in [2.24, 2.45) is 0 Å². The third kappa shape index (κ3) is 13.1. The van der Waals surface area contributed by atoms with Crippen molar-refractivity contribution in [3.63, 3.8) is 0 Å². The number of pyridine rings is 3. The number of rotatable bonds is 9. The van der Waals surface area contributed by atoms with Gasteiger partial charge in [0.1, 0.15) is 29.0 Å². The first kappa shape index (κ1) is 44.0. The SMILES string of the molecule is Cc1nc(N)cc(OC(F)F)c1CNC(=O)c1cnn(Cc2ccccc2)c1.[C-]#[N+]c1c(OC(F)F)cc(N)nc1C.[C-]#[N+]c1c([O-])cc(N)nc1C.[Na+]. The van der Waals surface area contributed by atoms with Crippen molar-refractivity contribution in [1.29, 1.82) is 0 Å². The average Bonchev–Trinajstić information content (AvgIpc) is 3.53. The Morgan fingerprint density at radius 2 is 1.37 bits per heavy atom. The minimum atomic E-state index is -3.01. The number of nitrogen functional groups attached to an aromatic ring is 3. The standard InChI is InChI=1S/C19H19F2N5O2.C8H7F2N3O.C7H7N3O.Na/c1-12-15(16(28-19(20)21)7-17(22)25-12)9-23-18(27)14-8-24-26(11-14)10-13-5-3-2-4-6-13;1-4-7(12-2)5(14-8(9)10)3-6(11)13-4;1-4-7(9-2)5(11)3-6(8)10-4;/h2-8,11,19H,9-10H2,1H3,(H2,22,25)(H,23,27);3,8H,1H3,(H2,11,13);3H,1H3,(H3,8,10,11);/q;;;+1/p-1. The Kier molecular flexibility index (Phi) is 16.9. The summed E-state index contributed by atoms with van der Waals surface area (Å²) in [5, 5.41) is 17.8. The maximum atomic E-state index is 12.6. The van der Waals surface area contributed by atoms with Crippen molar-refractivity contribution in [2.75, 3.05) is 17.2 Å². The van der Waals surface area contributed by atoms with E-state index in [1.54, 1.807) is 24.7 Å². The third-order valence-electron chi connectivity index (χ3n) is 6.78. The van der Waals surface area contributed by atoms with Crippen LogP contribution in [0.25, 0.3) is 9.69 Å². The van der Waals surface area contributed by atoms with Crippen molar-refractivity contribution in [3.05, 3.63) is 118 Å². The topological polar surface area (TPSA) is 214 Å². The molecule has 54 heavy (non-hydrogen) atoms. The van der Waals surface area contributed by atoms with E-state index in [9.17, 15) is 27.5 Å². The van der Waals surface area contributed by atoms with Crippen LogP contribution >= 0.6 is 0 Å². The Balaban J connectivity index is 0.000000323. The maximum absolute atomic E-state index is 12.6. The second-order valence-electron chi connectivity index (χ2n) is 10.6. The minimum absolute atomic E-state index is 0. The smallest absolute Gasteiger partial charge is 0.881 e. The zero-order valence-electron chi connectivity index (χ0n) is 29.3. The molecule has 0 atom stereocenters. The van der Waals surface area contributed by atoms with Crippen LogP contribution in [0.15, 0.2) is 60.9 Å². The summed E-state index contributed by atoms with van der Waals surface area (Å²) in [6, 6.07) is 13.2. The normalized spacial score (nSPS) is 10.1. The van der Waals surface area contributed by atoms with Gasteiger partial charge in [-0.05, 0) is 32.4 Å². The van der Waals surface area contributed by atoms with Crippen LogP contribution < -0.4 is 66.7 Å². The van der Waals surface area contributed by atoms with Crippen LogP contribution in [0.2, 0.25) is 0 Å². The summed E-state index contributed by atoms with van der Waals surface area (Å²) >= 11 is 0. The largest absolute Gasteiger partial charge is 1.00 e. The number of nitrogens with zero attached hydrogens (tertiary/aromatic N) is 7. The number of carbonyl (C=O) groups excluding carboxylic acids is 1. The summed E-state index contributed by atoms with van der Waals surface area (Å²) in [7, 11) is 0. The van der Waals surface area contributed by atoms with Gasteiger partial charge in [-0.2, -0.15) is 22.7 Å². The second kappa shape index (κ2) is 20.8. The molecule has 20 heteroatoms. The van der Waals surface area contributed by atoms with E-state index < -0.39 is 19.1 Å². The van der Waals surface area contributed by atoms with Gasteiger partial charge in [0.2, 0.25) is 5.69 Å². The van der Waals surface area contributed by atoms with Crippen LogP contribution in [0.1, 0.15) is 38.6 Å². The van der Waals surface area contributed by atoms with Gasteiger partial charge >= 0.3 is 42.8 Å². The summed E-state index contributed by atoms with van der Waals surface area (Å²) in [5.74, 6) is -0.820. The van der Waals surface area contributed by atoms with E-state index in [1.165, 1.54) is 19.2 Å². The molecule has 0 radical (unpaired) electrons. The number of ether oxygens (including phenoxy) is 2. The van der Waals surface area contributed by atoms with Gasteiger partial charge in [-0.3, -0.25) is 9.48 Å². The Bertz CT molecular complexity index is 2100. The molecule has 4 heterocycles. The summed E-state index contributed by atoms with van der Waals surface area (Å²) in [5.41, 5.74) is 19.0. The molecule has 0 saturated heterocycles. The molecule has 276 valence electrons. The number of hydrogen-bond donors (Lipinski definition) is 4. The van der Waals surface area contributed by atoms with Crippen LogP contribution in [-0.2, 0) is 13.1 Å².